The van der Waals surface area contributed by atoms with Crippen molar-refractivity contribution in [1.29, 1.82) is 0 Å². The molecule has 2 aliphatic rings. The highest BCUT2D eigenvalue weighted by Gasteiger charge is 2.42. The number of allylic oxidation sites excluding steroid dienone is 5. The maximum absolute atomic E-state index is 3.92. The van der Waals surface area contributed by atoms with E-state index in [1.807, 2.05) is 6.08 Å². The minimum atomic E-state index is 0.0356. The van der Waals surface area contributed by atoms with Crippen molar-refractivity contribution in [2.24, 2.45) is 5.41 Å². The highest BCUT2D eigenvalue weighted by atomic mass is 14.5. The Bertz CT molecular complexity index is 1320. The molecular weight excluding hydrogens is 432 g/mol. The number of rotatable bonds is 8. The average molecular weight is 473 g/mol. The summed E-state index contributed by atoms with van der Waals surface area (Å²) in [7, 11) is 0. The second-order valence-corrected chi connectivity index (χ2v) is 12.1. The third-order valence-electron chi connectivity index (χ3n) is 9.26. The largest absolute Gasteiger partial charge is 0.0991 e. The van der Waals surface area contributed by atoms with Gasteiger partial charge in [0.2, 0.25) is 0 Å². The highest BCUT2D eigenvalue weighted by Crippen LogP contribution is 2.54. The first kappa shape index (κ1) is 24.6. The van der Waals surface area contributed by atoms with Crippen LogP contribution in [0.5, 0.6) is 0 Å². The molecule has 0 bridgehead atoms. The van der Waals surface area contributed by atoms with E-state index in [1.165, 1.54) is 63.8 Å². The van der Waals surface area contributed by atoms with Gasteiger partial charge in [0.15, 0.2) is 0 Å². The zero-order chi connectivity index (χ0) is 25.6. The number of fused-ring (bicyclic) bond motifs is 4. The fraction of sp³-hybridized carbons (Fsp3) is 0.333. The van der Waals surface area contributed by atoms with E-state index in [4.69, 9.17) is 0 Å². The van der Waals surface area contributed by atoms with E-state index in [9.17, 15) is 0 Å². The Morgan fingerprint density at radius 2 is 1.14 bits per heavy atom. The molecule has 0 spiro atoms. The fourth-order valence-corrected chi connectivity index (χ4v) is 6.85. The van der Waals surface area contributed by atoms with Gasteiger partial charge in [-0.05, 0) is 82.5 Å². The summed E-state index contributed by atoms with van der Waals surface area (Å²) < 4.78 is 0. The van der Waals surface area contributed by atoms with Crippen LogP contribution in [0.2, 0.25) is 0 Å². The van der Waals surface area contributed by atoms with E-state index in [2.05, 4.69) is 126 Å². The van der Waals surface area contributed by atoms with Gasteiger partial charge >= 0.3 is 0 Å². The molecule has 0 nitrogen and oxygen atoms in total. The molecule has 1 unspecified atom stereocenters. The summed E-state index contributed by atoms with van der Waals surface area (Å²) in [6, 6.07) is 27.1. The average Bonchev–Trinajstić information content (AvgIpc) is 3.27. The van der Waals surface area contributed by atoms with Crippen LogP contribution in [0.15, 0.2) is 103 Å². The van der Waals surface area contributed by atoms with Crippen molar-refractivity contribution in [3.05, 3.63) is 125 Å². The Kier molecular flexibility index (Phi) is 6.19. The monoisotopic (exact) mass is 472 g/mol. The first-order valence-corrected chi connectivity index (χ1v) is 13.5. The van der Waals surface area contributed by atoms with E-state index in [0.29, 0.717) is 0 Å². The van der Waals surface area contributed by atoms with Crippen LogP contribution in [0.1, 0.15) is 82.6 Å². The molecule has 0 saturated carbocycles. The van der Waals surface area contributed by atoms with Crippen molar-refractivity contribution in [2.45, 2.75) is 71.1 Å². The molecule has 0 amide bonds. The van der Waals surface area contributed by atoms with Crippen LogP contribution in [-0.4, -0.2) is 0 Å². The Labute approximate surface area is 218 Å². The van der Waals surface area contributed by atoms with E-state index in [0.717, 1.165) is 6.42 Å². The predicted molar refractivity (Wildman–Crippen MR) is 156 cm³/mol. The Hall–Kier alpha value is -3.12. The summed E-state index contributed by atoms with van der Waals surface area (Å²) in [6.45, 7) is 16.1. The molecule has 0 N–H and O–H groups in total. The molecule has 0 saturated heterocycles. The quantitative estimate of drug-likeness (QED) is 0.286. The van der Waals surface area contributed by atoms with Gasteiger partial charge < -0.3 is 0 Å². The summed E-state index contributed by atoms with van der Waals surface area (Å²) in [4.78, 5) is 0. The van der Waals surface area contributed by atoms with E-state index < -0.39 is 0 Å². The van der Waals surface area contributed by atoms with Crippen molar-refractivity contribution in [2.75, 3.05) is 0 Å². The molecule has 3 aromatic carbocycles. The van der Waals surface area contributed by atoms with Crippen molar-refractivity contribution in [3.63, 3.8) is 0 Å². The number of hydrogen-bond donors (Lipinski definition) is 0. The molecule has 5 rings (SSSR count). The van der Waals surface area contributed by atoms with E-state index in [-0.39, 0.29) is 16.2 Å². The van der Waals surface area contributed by atoms with Gasteiger partial charge in [0.25, 0.3) is 0 Å². The first-order chi connectivity index (χ1) is 17.2. The summed E-state index contributed by atoms with van der Waals surface area (Å²) in [5, 5.41) is 0. The first-order valence-electron chi connectivity index (χ1n) is 13.5. The maximum Gasteiger partial charge on any atom is 0.0187 e. The van der Waals surface area contributed by atoms with Gasteiger partial charge in [0.05, 0.1) is 0 Å². The lowest BCUT2D eigenvalue weighted by Crippen LogP contribution is -2.27. The molecule has 0 heterocycles. The molecular formula is C36H40. The standard InChI is InChI=1S/C36H40/c1-7-8-18-30-26(2)27-15-9-12-19-31(27)35(30,5)24-22-34(3,4)23-25-36(6)32-20-13-10-16-28(32)29-17-11-14-21-33(29)36/h7-21H,1,22-25H2,2-6H3/b18-8-. The van der Waals surface area contributed by atoms with Crippen LogP contribution >= 0.6 is 0 Å². The summed E-state index contributed by atoms with van der Waals surface area (Å²) >= 11 is 0. The smallest absolute Gasteiger partial charge is 0.0187 e. The third kappa shape index (κ3) is 3.92. The number of benzene rings is 3. The predicted octanol–water partition coefficient (Wildman–Crippen LogP) is 10.0. The Morgan fingerprint density at radius 1 is 0.694 bits per heavy atom. The second-order valence-electron chi connectivity index (χ2n) is 12.1. The Balaban J connectivity index is 1.38. The maximum atomic E-state index is 3.92. The molecule has 2 aliphatic carbocycles. The van der Waals surface area contributed by atoms with Crippen LogP contribution in [0.3, 0.4) is 0 Å². The van der Waals surface area contributed by atoms with Gasteiger partial charge in [-0.3, -0.25) is 0 Å². The molecule has 0 aromatic heterocycles. The van der Waals surface area contributed by atoms with Crippen LogP contribution in [0.25, 0.3) is 16.7 Å². The normalized spacial score (nSPS) is 19.9. The second kappa shape index (κ2) is 9.07. The van der Waals surface area contributed by atoms with Gasteiger partial charge in [-0.2, -0.15) is 0 Å². The topological polar surface area (TPSA) is 0 Å². The van der Waals surface area contributed by atoms with Crippen molar-refractivity contribution < 1.29 is 0 Å². The molecule has 0 radical (unpaired) electrons. The van der Waals surface area contributed by atoms with Crippen LogP contribution < -0.4 is 0 Å². The minimum Gasteiger partial charge on any atom is -0.0991 e. The Morgan fingerprint density at radius 3 is 1.67 bits per heavy atom. The molecule has 3 aromatic rings. The zero-order valence-corrected chi connectivity index (χ0v) is 22.7. The van der Waals surface area contributed by atoms with E-state index >= 15 is 0 Å². The van der Waals surface area contributed by atoms with Crippen LogP contribution in [0, 0.1) is 5.41 Å². The van der Waals surface area contributed by atoms with Gasteiger partial charge in [-0.25, -0.2) is 0 Å². The molecule has 0 aliphatic heterocycles. The van der Waals surface area contributed by atoms with Gasteiger partial charge in [0, 0.05) is 10.8 Å². The molecule has 184 valence electrons. The van der Waals surface area contributed by atoms with Crippen molar-refractivity contribution >= 4 is 5.57 Å². The van der Waals surface area contributed by atoms with Gasteiger partial charge in [-0.1, -0.05) is 125 Å². The lowest BCUT2D eigenvalue weighted by Gasteiger charge is -2.36. The molecule has 36 heavy (non-hydrogen) atoms. The lowest BCUT2D eigenvalue weighted by atomic mass is 9.68. The summed E-state index contributed by atoms with van der Waals surface area (Å²) in [6.07, 6.45) is 11.0. The summed E-state index contributed by atoms with van der Waals surface area (Å²) in [5.41, 5.74) is 11.9. The summed E-state index contributed by atoms with van der Waals surface area (Å²) in [5.74, 6) is 0. The molecule has 0 fully saturated rings. The van der Waals surface area contributed by atoms with Crippen LogP contribution in [-0.2, 0) is 10.8 Å². The van der Waals surface area contributed by atoms with Gasteiger partial charge in [0.1, 0.15) is 0 Å². The van der Waals surface area contributed by atoms with Crippen LogP contribution in [0.4, 0.5) is 0 Å². The van der Waals surface area contributed by atoms with E-state index in [1.54, 1.807) is 0 Å². The zero-order valence-electron chi connectivity index (χ0n) is 22.7. The molecule has 0 heteroatoms. The minimum absolute atomic E-state index is 0.0356. The van der Waals surface area contributed by atoms with Crippen molar-refractivity contribution in [3.8, 4) is 11.1 Å². The third-order valence-corrected chi connectivity index (χ3v) is 9.26. The highest BCUT2D eigenvalue weighted by molar-refractivity contribution is 5.82. The SMILES string of the molecule is C=C/C=C\C1=C(C)c2ccccc2C1(C)CCC(C)(C)CCC1(C)c2ccccc2-c2ccccc21. The van der Waals surface area contributed by atoms with Gasteiger partial charge in [-0.15, -0.1) is 0 Å². The molecule has 1 atom stereocenters. The lowest BCUT2D eigenvalue weighted by molar-refractivity contribution is 0.251. The fourth-order valence-electron chi connectivity index (χ4n) is 6.85. The van der Waals surface area contributed by atoms with Crippen molar-refractivity contribution in [1.82, 2.24) is 0 Å². The number of hydrogen-bond acceptors (Lipinski definition) is 0.